The SMILES string of the molecule is O=C(O)CC(CNC(=O)C1CC1)C(=O)NC1CCN(C(=O)/C=C/c2cc3ccsc3c(Cl)c2Cl)CC1. The first-order chi connectivity index (χ1) is 17.2. The van der Waals surface area contributed by atoms with Crippen LogP contribution in [0.2, 0.25) is 10.0 Å². The van der Waals surface area contributed by atoms with Gasteiger partial charge in [0, 0.05) is 37.7 Å². The van der Waals surface area contributed by atoms with Crippen LogP contribution in [0.25, 0.3) is 16.2 Å². The summed E-state index contributed by atoms with van der Waals surface area (Å²) >= 11 is 14.2. The van der Waals surface area contributed by atoms with Crippen LogP contribution in [0.15, 0.2) is 23.6 Å². The van der Waals surface area contributed by atoms with Gasteiger partial charge in [0.25, 0.3) is 0 Å². The minimum Gasteiger partial charge on any atom is -0.481 e. The summed E-state index contributed by atoms with van der Waals surface area (Å²) in [7, 11) is 0. The lowest BCUT2D eigenvalue weighted by atomic mass is 10.0. The van der Waals surface area contributed by atoms with Crippen LogP contribution in [0.3, 0.4) is 0 Å². The Balaban J connectivity index is 1.28. The number of rotatable bonds is 9. The van der Waals surface area contributed by atoms with E-state index in [0.717, 1.165) is 22.9 Å². The molecule has 1 aliphatic carbocycles. The molecule has 0 spiro atoms. The number of nitrogens with one attached hydrogen (secondary N) is 2. The molecule has 2 heterocycles. The van der Waals surface area contributed by atoms with Gasteiger partial charge in [0.2, 0.25) is 17.7 Å². The first-order valence-corrected chi connectivity index (χ1v) is 13.5. The van der Waals surface area contributed by atoms with Gasteiger partial charge in [0.05, 0.1) is 27.1 Å². The first kappa shape index (κ1) is 26.4. The number of halogens is 2. The fourth-order valence-corrected chi connectivity index (χ4v) is 5.64. The number of carbonyl (C=O) groups excluding carboxylic acids is 3. The van der Waals surface area contributed by atoms with Crippen molar-refractivity contribution in [3.8, 4) is 0 Å². The molecule has 0 bridgehead atoms. The molecular weight excluding hydrogens is 525 g/mol. The maximum atomic E-state index is 12.7. The van der Waals surface area contributed by atoms with Crippen molar-refractivity contribution in [2.24, 2.45) is 11.8 Å². The summed E-state index contributed by atoms with van der Waals surface area (Å²) in [4.78, 5) is 50.2. The molecule has 1 saturated carbocycles. The Morgan fingerprint density at radius 2 is 1.86 bits per heavy atom. The molecule has 1 unspecified atom stereocenters. The van der Waals surface area contributed by atoms with Gasteiger partial charge in [-0.15, -0.1) is 11.3 Å². The van der Waals surface area contributed by atoms with Crippen LogP contribution >= 0.6 is 34.5 Å². The quantitative estimate of drug-likeness (QED) is 0.408. The van der Waals surface area contributed by atoms with Crippen molar-refractivity contribution in [3.63, 3.8) is 0 Å². The van der Waals surface area contributed by atoms with E-state index in [2.05, 4.69) is 10.6 Å². The number of carboxylic acids is 1. The number of amides is 3. The first-order valence-electron chi connectivity index (χ1n) is 11.8. The monoisotopic (exact) mass is 551 g/mol. The molecule has 4 rings (SSSR count). The largest absolute Gasteiger partial charge is 0.481 e. The van der Waals surface area contributed by atoms with Crippen molar-refractivity contribution in [1.82, 2.24) is 15.5 Å². The predicted molar refractivity (Wildman–Crippen MR) is 140 cm³/mol. The van der Waals surface area contributed by atoms with Crippen molar-refractivity contribution >= 4 is 74.4 Å². The van der Waals surface area contributed by atoms with E-state index in [0.29, 0.717) is 41.5 Å². The highest BCUT2D eigenvalue weighted by Gasteiger charge is 2.32. The lowest BCUT2D eigenvalue weighted by Crippen LogP contribution is -2.49. The minimum atomic E-state index is -1.09. The van der Waals surface area contributed by atoms with Crippen molar-refractivity contribution in [2.45, 2.75) is 38.1 Å². The molecule has 3 N–H and O–H groups in total. The highest BCUT2D eigenvalue weighted by atomic mass is 35.5. The Bertz CT molecular complexity index is 1200. The molecule has 1 atom stereocenters. The second-order valence-electron chi connectivity index (χ2n) is 9.19. The van der Waals surface area contributed by atoms with Crippen LogP contribution in [0, 0.1) is 11.8 Å². The molecule has 2 fully saturated rings. The van der Waals surface area contributed by atoms with E-state index in [1.165, 1.54) is 17.4 Å². The molecule has 36 heavy (non-hydrogen) atoms. The third-order valence-corrected chi connectivity index (χ3v) is 8.41. The maximum absolute atomic E-state index is 12.7. The van der Waals surface area contributed by atoms with Crippen molar-refractivity contribution in [3.05, 3.63) is 39.2 Å². The smallest absolute Gasteiger partial charge is 0.304 e. The van der Waals surface area contributed by atoms with Crippen LogP contribution in [0.5, 0.6) is 0 Å². The summed E-state index contributed by atoms with van der Waals surface area (Å²) in [6, 6.07) is 3.67. The van der Waals surface area contributed by atoms with Gasteiger partial charge in [0.1, 0.15) is 0 Å². The average molecular weight is 552 g/mol. The number of benzene rings is 1. The average Bonchev–Trinajstić information content (AvgIpc) is 3.60. The maximum Gasteiger partial charge on any atom is 0.304 e. The molecule has 2 aromatic rings. The van der Waals surface area contributed by atoms with Crippen LogP contribution in [0.1, 0.15) is 37.7 Å². The molecule has 1 aromatic carbocycles. The zero-order valence-corrected chi connectivity index (χ0v) is 21.8. The standard InChI is InChI=1S/C25H27Cl2N3O5S/c26-21-15(11-16-7-10-36-23(16)22(21)27)3-4-19(31)30-8-5-18(6-9-30)29-25(35)17(12-20(32)33)13-28-24(34)14-1-2-14/h3-4,7,10-11,14,17-18H,1-2,5-6,8-9,12-13H2,(H,28,34)(H,29,35)(H,32,33)/b4-3+. The number of aliphatic carboxylic acids is 1. The highest BCUT2D eigenvalue weighted by molar-refractivity contribution is 7.18. The molecule has 2 aliphatic rings. The fraction of sp³-hybridized carbons (Fsp3) is 0.440. The zero-order chi connectivity index (χ0) is 25.8. The summed E-state index contributed by atoms with van der Waals surface area (Å²) in [6.07, 6.45) is 5.54. The summed E-state index contributed by atoms with van der Waals surface area (Å²) < 4.78 is 0.908. The number of thiophene rings is 1. The van der Waals surface area contributed by atoms with Crippen LogP contribution in [-0.4, -0.2) is 59.4 Å². The molecule has 11 heteroatoms. The Hall–Kier alpha value is -2.62. The number of nitrogens with zero attached hydrogens (tertiary/aromatic N) is 1. The van der Waals surface area contributed by atoms with E-state index in [-0.39, 0.29) is 36.7 Å². The Morgan fingerprint density at radius 3 is 2.53 bits per heavy atom. The minimum absolute atomic E-state index is 0.000654. The van der Waals surface area contributed by atoms with E-state index in [4.69, 9.17) is 28.3 Å². The fourth-order valence-electron chi connectivity index (χ4n) is 4.20. The number of hydrogen-bond acceptors (Lipinski definition) is 5. The van der Waals surface area contributed by atoms with Crippen LogP contribution in [-0.2, 0) is 19.2 Å². The molecule has 1 saturated heterocycles. The normalized spacial score (nSPS) is 17.3. The van der Waals surface area contributed by atoms with Gasteiger partial charge in [-0.05, 0) is 60.2 Å². The zero-order valence-electron chi connectivity index (χ0n) is 19.5. The van der Waals surface area contributed by atoms with Gasteiger partial charge in [-0.3, -0.25) is 19.2 Å². The number of hydrogen-bond donors (Lipinski definition) is 3. The summed E-state index contributed by atoms with van der Waals surface area (Å²) in [5.41, 5.74) is 0.668. The van der Waals surface area contributed by atoms with E-state index in [1.54, 1.807) is 11.0 Å². The third-order valence-electron chi connectivity index (χ3n) is 6.47. The third kappa shape index (κ3) is 6.57. The van der Waals surface area contributed by atoms with Gasteiger partial charge < -0.3 is 20.6 Å². The summed E-state index contributed by atoms with van der Waals surface area (Å²) in [5.74, 6) is -2.64. The van der Waals surface area contributed by atoms with E-state index in [9.17, 15) is 19.2 Å². The van der Waals surface area contributed by atoms with E-state index >= 15 is 0 Å². The molecule has 3 amide bonds. The highest BCUT2D eigenvalue weighted by Crippen LogP contribution is 2.37. The van der Waals surface area contributed by atoms with Gasteiger partial charge in [-0.1, -0.05) is 23.2 Å². The molecule has 1 aromatic heterocycles. The van der Waals surface area contributed by atoms with Gasteiger partial charge in [-0.25, -0.2) is 0 Å². The number of carbonyl (C=O) groups is 4. The number of carboxylic acid groups (broad SMARTS) is 1. The lowest BCUT2D eigenvalue weighted by molar-refractivity contribution is -0.141. The van der Waals surface area contributed by atoms with E-state index in [1.807, 2.05) is 17.5 Å². The van der Waals surface area contributed by atoms with Crippen LogP contribution in [0.4, 0.5) is 0 Å². The number of fused-ring (bicyclic) bond motifs is 1. The second-order valence-corrected chi connectivity index (χ2v) is 10.9. The van der Waals surface area contributed by atoms with Crippen molar-refractivity contribution in [1.29, 1.82) is 0 Å². The second kappa shape index (κ2) is 11.6. The molecule has 8 nitrogen and oxygen atoms in total. The van der Waals surface area contributed by atoms with E-state index < -0.39 is 17.8 Å². The summed E-state index contributed by atoms with van der Waals surface area (Å²) in [5, 5.41) is 18.5. The van der Waals surface area contributed by atoms with Crippen molar-refractivity contribution < 1.29 is 24.3 Å². The van der Waals surface area contributed by atoms with Crippen molar-refractivity contribution in [2.75, 3.05) is 19.6 Å². The topological polar surface area (TPSA) is 116 Å². The molecular formula is C25H27Cl2N3O5S. The van der Waals surface area contributed by atoms with Crippen LogP contribution < -0.4 is 10.6 Å². The van der Waals surface area contributed by atoms with Gasteiger partial charge in [0.15, 0.2) is 0 Å². The summed E-state index contributed by atoms with van der Waals surface area (Å²) in [6.45, 7) is 0.904. The Morgan fingerprint density at radius 1 is 1.14 bits per heavy atom. The Labute approximate surface area is 222 Å². The lowest BCUT2D eigenvalue weighted by Gasteiger charge is -2.32. The molecule has 192 valence electrons. The Kier molecular flexibility index (Phi) is 8.54. The predicted octanol–water partition coefficient (Wildman–Crippen LogP) is 3.95. The number of likely N-dealkylation sites (tertiary alicyclic amines) is 1. The number of piperidine rings is 1. The van der Waals surface area contributed by atoms with Gasteiger partial charge >= 0.3 is 5.97 Å². The molecule has 0 radical (unpaired) electrons. The van der Waals surface area contributed by atoms with Gasteiger partial charge in [-0.2, -0.15) is 0 Å². The molecule has 1 aliphatic heterocycles.